The minimum atomic E-state index is -4.37. The van der Waals surface area contributed by atoms with E-state index in [1.807, 2.05) is 0 Å². The van der Waals surface area contributed by atoms with Crippen LogP contribution in [-0.4, -0.2) is 49.2 Å². The smallest absolute Gasteiger partial charge is 0.353 e. The Hall–Kier alpha value is -0.830. The molecule has 1 aliphatic rings. The van der Waals surface area contributed by atoms with Gasteiger partial charge in [0.15, 0.2) is 0 Å². The van der Waals surface area contributed by atoms with Crippen LogP contribution < -0.4 is 5.32 Å². The van der Waals surface area contributed by atoms with Gasteiger partial charge in [0.05, 0.1) is 5.75 Å². The third-order valence-electron chi connectivity index (χ3n) is 2.98. The van der Waals surface area contributed by atoms with E-state index < -0.39 is 46.2 Å². The van der Waals surface area contributed by atoms with Crippen LogP contribution in [0.15, 0.2) is 0 Å². The van der Waals surface area contributed by atoms with Gasteiger partial charge in [-0.05, 0) is 20.3 Å². The summed E-state index contributed by atoms with van der Waals surface area (Å²) in [4.78, 5) is 11.6. The fourth-order valence-corrected chi connectivity index (χ4v) is 3.81. The van der Waals surface area contributed by atoms with Crippen molar-refractivity contribution < 1.29 is 26.4 Å². The van der Waals surface area contributed by atoms with Gasteiger partial charge >= 0.3 is 6.18 Å². The third-order valence-corrected chi connectivity index (χ3v) is 5.09. The number of hydrogen-bond donors (Lipinski definition) is 1. The average molecular weight is 302 g/mol. The fraction of sp³-hybridized carbons (Fsp3) is 0.900. The molecule has 112 valence electrons. The van der Waals surface area contributed by atoms with E-state index in [1.165, 1.54) is 13.8 Å². The quantitative estimate of drug-likeness (QED) is 0.838. The zero-order valence-corrected chi connectivity index (χ0v) is 11.6. The summed E-state index contributed by atoms with van der Waals surface area (Å²) < 4.78 is 61.0. The summed E-state index contributed by atoms with van der Waals surface area (Å²) in [5.74, 6) is -1.05. The second-order valence-electron chi connectivity index (χ2n) is 4.92. The van der Waals surface area contributed by atoms with Gasteiger partial charge in [-0.2, -0.15) is 17.5 Å². The van der Waals surface area contributed by atoms with Crippen LogP contribution in [0.1, 0.15) is 26.7 Å². The van der Waals surface area contributed by atoms with Gasteiger partial charge in [-0.1, -0.05) is 0 Å². The lowest BCUT2D eigenvalue weighted by Crippen LogP contribution is -2.63. The molecule has 19 heavy (non-hydrogen) atoms. The molecule has 0 radical (unpaired) electrons. The molecule has 0 spiro atoms. The van der Waals surface area contributed by atoms with Crippen molar-refractivity contribution in [3.05, 3.63) is 0 Å². The maximum absolute atomic E-state index is 12.0. The van der Waals surface area contributed by atoms with Crippen LogP contribution in [0.5, 0.6) is 0 Å². The van der Waals surface area contributed by atoms with E-state index in [-0.39, 0.29) is 13.1 Å². The molecule has 0 unspecified atom stereocenters. The Bertz CT molecular complexity index is 445. The van der Waals surface area contributed by atoms with Crippen molar-refractivity contribution in [2.24, 2.45) is 0 Å². The van der Waals surface area contributed by atoms with E-state index in [0.717, 1.165) is 4.31 Å². The Balaban J connectivity index is 2.74. The number of amides is 1. The summed E-state index contributed by atoms with van der Waals surface area (Å²) in [7, 11) is -3.87. The van der Waals surface area contributed by atoms with Crippen molar-refractivity contribution in [3.8, 4) is 0 Å². The fourth-order valence-electron chi connectivity index (χ4n) is 1.93. The maximum Gasteiger partial charge on any atom is 0.389 e. The van der Waals surface area contributed by atoms with Crippen LogP contribution in [0.25, 0.3) is 0 Å². The monoisotopic (exact) mass is 302 g/mol. The first-order valence-corrected chi connectivity index (χ1v) is 7.43. The first-order chi connectivity index (χ1) is 8.47. The number of sulfonamides is 1. The Morgan fingerprint density at radius 3 is 2.47 bits per heavy atom. The first-order valence-electron chi connectivity index (χ1n) is 5.82. The summed E-state index contributed by atoms with van der Waals surface area (Å²) in [5, 5.41) is 2.53. The highest BCUT2D eigenvalue weighted by Crippen LogP contribution is 2.25. The molecule has 5 nitrogen and oxygen atoms in total. The standard InChI is InChI=1S/C10H17F3N2O3S/c1-9(2)8(16)14-5-6-15(9)19(17,18)7-3-4-10(11,12)13/h3-7H2,1-2H3,(H,14,16). The minimum Gasteiger partial charge on any atom is -0.353 e. The van der Waals surface area contributed by atoms with Crippen LogP contribution >= 0.6 is 0 Å². The van der Waals surface area contributed by atoms with Gasteiger partial charge in [0.2, 0.25) is 15.9 Å². The zero-order chi connectivity index (χ0) is 14.9. The molecule has 1 rings (SSSR count). The largest absolute Gasteiger partial charge is 0.389 e. The summed E-state index contributed by atoms with van der Waals surface area (Å²) in [6.45, 7) is 3.11. The Morgan fingerprint density at radius 1 is 1.37 bits per heavy atom. The highest BCUT2D eigenvalue weighted by molar-refractivity contribution is 7.89. The van der Waals surface area contributed by atoms with Gasteiger partial charge in [-0.15, -0.1) is 0 Å². The molecule has 1 amide bonds. The van der Waals surface area contributed by atoms with Crippen molar-refractivity contribution in [2.75, 3.05) is 18.8 Å². The van der Waals surface area contributed by atoms with Crippen molar-refractivity contribution in [3.63, 3.8) is 0 Å². The molecule has 0 saturated carbocycles. The molecule has 0 aromatic carbocycles. The number of rotatable bonds is 4. The number of nitrogens with one attached hydrogen (secondary N) is 1. The number of piperazine rings is 1. The van der Waals surface area contributed by atoms with Gasteiger partial charge in [0.25, 0.3) is 0 Å². The second-order valence-corrected chi connectivity index (χ2v) is 6.93. The molecule has 0 aromatic heterocycles. The Morgan fingerprint density at radius 2 is 1.95 bits per heavy atom. The SMILES string of the molecule is CC1(C)C(=O)NCCN1S(=O)(=O)CCCC(F)(F)F. The lowest BCUT2D eigenvalue weighted by molar-refractivity contribution is -0.135. The molecular formula is C10H17F3N2O3S. The topological polar surface area (TPSA) is 66.5 Å². The zero-order valence-electron chi connectivity index (χ0n) is 10.7. The molecule has 1 aliphatic heterocycles. The van der Waals surface area contributed by atoms with Crippen molar-refractivity contribution in [2.45, 2.75) is 38.4 Å². The van der Waals surface area contributed by atoms with E-state index in [0.29, 0.717) is 0 Å². The normalized spacial score (nSPS) is 21.2. The summed E-state index contributed by atoms with van der Waals surface area (Å²) in [6, 6.07) is 0. The molecule has 0 aromatic rings. The first kappa shape index (κ1) is 16.2. The highest BCUT2D eigenvalue weighted by Gasteiger charge is 2.44. The molecule has 1 heterocycles. The number of nitrogens with zero attached hydrogens (tertiary/aromatic N) is 1. The van der Waals surface area contributed by atoms with Crippen LogP contribution in [0.3, 0.4) is 0 Å². The summed E-state index contributed by atoms with van der Waals surface area (Å²) in [6.07, 6.45) is -6.02. The van der Waals surface area contributed by atoms with Crippen LogP contribution in [-0.2, 0) is 14.8 Å². The maximum atomic E-state index is 12.0. The Labute approximate surface area is 110 Å². The molecule has 9 heteroatoms. The predicted octanol–water partition coefficient (Wildman–Crippen LogP) is 0.869. The molecule has 0 atom stereocenters. The summed E-state index contributed by atoms with van der Waals surface area (Å²) in [5.41, 5.74) is -1.27. The average Bonchev–Trinajstić information content (AvgIpc) is 2.19. The van der Waals surface area contributed by atoms with Crippen molar-refractivity contribution in [1.82, 2.24) is 9.62 Å². The van der Waals surface area contributed by atoms with E-state index >= 15 is 0 Å². The highest BCUT2D eigenvalue weighted by atomic mass is 32.2. The molecule has 0 aliphatic carbocycles. The van der Waals surface area contributed by atoms with Crippen molar-refractivity contribution >= 4 is 15.9 Å². The number of carbonyl (C=O) groups excluding carboxylic acids is 1. The molecule has 1 saturated heterocycles. The third kappa shape index (κ3) is 4.07. The van der Waals surface area contributed by atoms with E-state index in [2.05, 4.69) is 5.32 Å². The van der Waals surface area contributed by atoms with E-state index in [4.69, 9.17) is 0 Å². The summed E-state index contributed by atoms with van der Waals surface area (Å²) >= 11 is 0. The van der Waals surface area contributed by atoms with E-state index in [1.54, 1.807) is 0 Å². The van der Waals surface area contributed by atoms with Crippen molar-refractivity contribution in [1.29, 1.82) is 0 Å². The minimum absolute atomic E-state index is 0.0765. The number of hydrogen-bond acceptors (Lipinski definition) is 3. The van der Waals surface area contributed by atoms with E-state index in [9.17, 15) is 26.4 Å². The molecule has 1 N–H and O–H groups in total. The number of halogens is 3. The van der Waals surface area contributed by atoms with Crippen LogP contribution in [0.4, 0.5) is 13.2 Å². The van der Waals surface area contributed by atoms with Crippen LogP contribution in [0, 0.1) is 0 Å². The number of carbonyl (C=O) groups is 1. The van der Waals surface area contributed by atoms with Gasteiger partial charge in [-0.25, -0.2) is 8.42 Å². The van der Waals surface area contributed by atoms with Gasteiger partial charge in [-0.3, -0.25) is 4.79 Å². The predicted molar refractivity (Wildman–Crippen MR) is 62.9 cm³/mol. The lowest BCUT2D eigenvalue weighted by Gasteiger charge is -2.39. The van der Waals surface area contributed by atoms with Crippen LogP contribution in [0.2, 0.25) is 0 Å². The second kappa shape index (κ2) is 5.28. The lowest BCUT2D eigenvalue weighted by atomic mass is 10.0. The molecular weight excluding hydrogens is 285 g/mol. The molecule has 0 bridgehead atoms. The van der Waals surface area contributed by atoms with Gasteiger partial charge < -0.3 is 5.32 Å². The number of alkyl halides is 3. The van der Waals surface area contributed by atoms with Gasteiger partial charge in [0.1, 0.15) is 5.54 Å². The Kier molecular flexibility index (Phi) is 4.51. The van der Waals surface area contributed by atoms with Gasteiger partial charge in [0, 0.05) is 19.5 Å². The molecule has 1 fully saturated rings.